The number of aliphatic imine (C=N–C) groups is 1. The number of guanidine groups is 1. The van der Waals surface area contributed by atoms with Gasteiger partial charge in [0.2, 0.25) is 5.91 Å². The summed E-state index contributed by atoms with van der Waals surface area (Å²) in [5, 5.41) is 9.11. The molecule has 0 bridgehead atoms. The fourth-order valence-corrected chi connectivity index (χ4v) is 2.49. The van der Waals surface area contributed by atoms with Crippen molar-refractivity contribution >= 4 is 41.5 Å². The number of anilines is 1. The van der Waals surface area contributed by atoms with Gasteiger partial charge in [-0.2, -0.15) is 0 Å². The Labute approximate surface area is 188 Å². The summed E-state index contributed by atoms with van der Waals surface area (Å²) >= 11 is 0. The second-order valence-corrected chi connectivity index (χ2v) is 5.85. The molecule has 0 radical (unpaired) electrons. The zero-order valence-corrected chi connectivity index (χ0v) is 19.2. The first-order valence-electron chi connectivity index (χ1n) is 9.09. The Balaban J connectivity index is 0.00000420. The SMILES string of the molecule is CCNC(=NCC(=O)Nc1cccnc1)NCCc1ccc(OC)c(OC)c1.I. The van der Waals surface area contributed by atoms with E-state index in [0.29, 0.717) is 36.2 Å². The summed E-state index contributed by atoms with van der Waals surface area (Å²) < 4.78 is 10.6. The van der Waals surface area contributed by atoms with Gasteiger partial charge in [0.1, 0.15) is 6.54 Å². The second-order valence-electron chi connectivity index (χ2n) is 5.85. The molecule has 9 heteroatoms. The molecule has 0 saturated carbocycles. The third-order valence-corrected chi connectivity index (χ3v) is 3.82. The number of halogens is 1. The molecule has 158 valence electrons. The number of nitrogens with one attached hydrogen (secondary N) is 3. The molecule has 0 aliphatic carbocycles. The average molecular weight is 513 g/mol. The molecule has 0 aliphatic rings. The van der Waals surface area contributed by atoms with Gasteiger partial charge in [0.25, 0.3) is 0 Å². The lowest BCUT2D eigenvalue weighted by Crippen LogP contribution is -2.39. The molecule has 1 heterocycles. The van der Waals surface area contributed by atoms with Crippen LogP contribution in [-0.4, -0.2) is 50.7 Å². The number of rotatable bonds is 9. The summed E-state index contributed by atoms with van der Waals surface area (Å²) in [6.45, 7) is 3.35. The number of ether oxygens (including phenoxy) is 2. The predicted octanol–water partition coefficient (Wildman–Crippen LogP) is 2.45. The van der Waals surface area contributed by atoms with Crippen molar-refractivity contribution in [3.8, 4) is 11.5 Å². The molecule has 2 rings (SSSR count). The highest BCUT2D eigenvalue weighted by Gasteiger charge is 2.06. The topological polar surface area (TPSA) is 96.9 Å². The van der Waals surface area contributed by atoms with Crippen molar-refractivity contribution < 1.29 is 14.3 Å². The van der Waals surface area contributed by atoms with Crippen molar-refractivity contribution in [2.45, 2.75) is 13.3 Å². The number of benzene rings is 1. The van der Waals surface area contributed by atoms with Gasteiger partial charge < -0.3 is 25.4 Å². The zero-order chi connectivity index (χ0) is 20.2. The Bertz CT molecular complexity index is 787. The van der Waals surface area contributed by atoms with Crippen LogP contribution in [0.25, 0.3) is 0 Å². The van der Waals surface area contributed by atoms with Gasteiger partial charge in [-0.1, -0.05) is 6.07 Å². The standard InChI is InChI=1S/C20H27N5O3.HI/c1-4-22-20(24-14-19(26)25-16-6-5-10-21-13-16)23-11-9-15-7-8-17(27-2)18(12-15)28-3;/h5-8,10,12-13H,4,9,11,14H2,1-3H3,(H,25,26)(H2,22,23,24);1H. The van der Waals surface area contributed by atoms with Crippen molar-refractivity contribution in [3.05, 3.63) is 48.3 Å². The summed E-state index contributed by atoms with van der Waals surface area (Å²) in [5.41, 5.74) is 1.75. The van der Waals surface area contributed by atoms with Crippen LogP contribution in [-0.2, 0) is 11.2 Å². The molecule has 3 N–H and O–H groups in total. The van der Waals surface area contributed by atoms with Gasteiger partial charge in [0.05, 0.1) is 26.1 Å². The number of pyridine rings is 1. The lowest BCUT2D eigenvalue weighted by atomic mass is 10.1. The van der Waals surface area contributed by atoms with Gasteiger partial charge in [0.15, 0.2) is 17.5 Å². The average Bonchev–Trinajstić information content (AvgIpc) is 2.72. The molecule has 0 aliphatic heterocycles. The maximum absolute atomic E-state index is 12.0. The number of hydrogen-bond acceptors (Lipinski definition) is 5. The smallest absolute Gasteiger partial charge is 0.246 e. The third kappa shape index (κ3) is 8.55. The molecular weight excluding hydrogens is 485 g/mol. The number of aromatic nitrogens is 1. The van der Waals surface area contributed by atoms with Crippen molar-refractivity contribution in [1.29, 1.82) is 0 Å². The van der Waals surface area contributed by atoms with Gasteiger partial charge >= 0.3 is 0 Å². The van der Waals surface area contributed by atoms with Gasteiger partial charge in [0, 0.05) is 19.3 Å². The molecule has 0 unspecified atom stereocenters. The highest BCUT2D eigenvalue weighted by Crippen LogP contribution is 2.27. The summed E-state index contributed by atoms with van der Waals surface area (Å²) in [4.78, 5) is 20.3. The molecule has 0 atom stereocenters. The Kier molecular flexibility index (Phi) is 11.5. The van der Waals surface area contributed by atoms with Gasteiger partial charge in [-0.15, -0.1) is 24.0 Å². The van der Waals surface area contributed by atoms with E-state index in [1.807, 2.05) is 25.1 Å². The minimum absolute atomic E-state index is 0. The summed E-state index contributed by atoms with van der Waals surface area (Å²) in [5.74, 6) is 1.79. The van der Waals surface area contributed by atoms with Crippen LogP contribution >= 0.6 is 24.0 Å². The maximum atomic E-state index is 12.0. The van der Waals surface area contributed by atoms with E-state index in [0.717, 1.165) is 12.0 Å². The molecule has 8 nitrogen and oxygen atoms in total. The lowest BCUT2D eigenvalue weighted by molar-refractivity contribution is -0.114. The first-order chi connectivity index (χ1) is 13.7. The molecule has 2 aromatic rings. The number of methoxy groups -OCH3 is 2. The minimum Gasteiger partial charge on any atom is -0.493 e. The zero-order valence-electron chi connectivity index (χ0n) is 16.9. The summed E-state index contributed by atoms with van der Waals surface area (Å²) in [6.07, 6.45) is 4.01. The molecule has 0 fully saturated rings. The quantitative estimate of drug-likeness (QED) is 0.271. The van der Waals surface area contributed by atoms with Crippen molar-refractivity contribution in [1.82, 2.24) is 15.6 Å². The van der Waals surface area contributed by atoms with Crippen molar-refractivity contribution in [2.24, 2.45) is 4.99 Å². The maximum Gasteiger partial charge on any atom is 0.246 e. The number of hydrogen-bond donors (Lipinski definition) is 3. The van der Waals surface area contributed by atoms with Gasteiger partial charge in [-0.25, -0.2) is 4.99 Å². The number of nitrogens with zero attached hydrogens (tertiary/aromatic N) is 2. The third-order valence-electron chi connectivity index (χ3n) is 3.82. The Morgan fingerprint density at radius 3 is 2.59 bits per heavy atom. The van der Waals surface area contributed by atoms with Crippen LogP contribution in [0.15, 0.2) is 47.7 Å². The first-order valence-corrected chi connectivity index (χ1v) is 9.09. The Morgan fingerprint density at radius 1 is 1.14 bits per heavy atom. The van der Waals surface area contributed by atoms with E-state index in [4.69, 9.17) is 9.47 Å². The molecule has 1 aromatic carbocycles. The molecular formula is C20H28IN5O3. The molecule has 1 amide bonds. The second kappa shape index (κ2) is 13.6. The Hall–Kier alpha value is -2.56. The van der Waals surface area contributed by atoms with Crippen LogP contribution in [0.1, 0.15) is 12.5 Å². The fourth-order valence-electron chi connectivity index (χ4n) is 2.49. The monoisotopic (exact) mass is 513 g/mol. The summed E-state index contributed by atoms with van der Waals surface area (Å²) in [6, 6.07) is 9.37. The molecule has 0 spiro atoms. The van der Waals surface area contributed by atoms with Crippen LogP contribution in [0.3, 0.4) is 0 Å². The highest BCUT2D eigenvalue weighted by atomic mass is 127. The van der Waals surface area contributed by atoms with E-state index in [1.54, 1.807) is 38.7 Å². The Morgan fingerprint density at radius 2 is 1.93 bits per heavy atom. The highest BCUT2D eigenvalue weighted by molar-refractivity contribution is 14.0. The van der Waals surface area contributed by atoms with E-state index in [9.17, 15) is 4.79 Å². The van der Waals surface area contributed by atoms with Crippen LogP contribution in [0.2, 0.25) is 0 Å². The number of amides is 1. The van der Waals surface area contributed by atoms with Crippen LogP contribution in [0.4, 0.5) is 5.69 Å². The largest absolute Gasteiger partial charge is 0.493 e. The first kappa shape index (κ1) is 24.5. The van der Waals surface area contributed by atoms with Crippen LogP contribution in [0.5, 0.6) is 11.5 Å². The summed E-state index contributed by atoms with van der Waals surface area (Å²) in [7, 11) is 3.23. The van der Waals surface area contributed by atoms with Gasteiger partial charge in [-0.3, -0.25) is 9.78 Å². The van der Waals surface area contributed by atoms with E-state index >= 15 is 0 Å². The van der Waals surface area contributed by atoms with Crippen LogP contribution in [0, 0.1) is 0 Å². The van der Waals surface area contributed by atoms with Crippen molar-refractivity contribution in [2.75, 3.05) is 39.2 Å². The fraction of sp³-hybridized carbons (Fsp3) is 0.350. The molecule has 29 heavy (non-hydrogen) atoms. The van der Waals surface area contributed by atoms with E-state index < -0.39 is 0 Å². The van der Waals surface area contributed by atoms with E-state index in [2.05, 4.69) is 25.9 Å². The van der Waals surface area contributed by atoms with Crippen molar-refractivity contribution in [3.63, 3.8) is 0 Å². The van der Waals surface area contributed by atoms with E-state index in [1.165, 1.54) is 0 Å². The number of carbonyl (C=O) groups is 1. The van der Waals surface area contributed by atoms with Gasteiger partial charge in [-0.05, 0) is 43.2 Å². The predicted molar refractivity (Wildman–Crippen MR) is 126 cm³/mol. The van der Waals surface area contributed by atoms with Crippen LogP contribution < -0.4 is 25.4 Å². The lowest BCUT2D eigenvalue weighted by Gasteiger charge is -2.12. The molecule has 0 saturated heterocycles. The minimum atomic E-state index is -0.204. The van der Waals surface area contributed by atoms with E-state index in [-0.39, 0.29) is 36.4 Å². The molecule has 1 aromatic heterocycles. The number of carbonyl (C=O) groups excluding carboxylic acids is 1. The normalized spacial score (nSPS) is 10.5.